The molecule has 2 aromatic rings. The summed E-state index contributed by atoms with van der Waals surface area (Å²) in [7, 11) is -4.58. The van der Waals surface area contributed by atoms with Crippen LogP contribution in [0.3, 0.4) is 0 Å². The smallest absolute Gasteiger partial charge is 0.871 e. The third-order valence-corrected chi connectivity index (χ3v) is 5.62. The van der Waals surface area contributed by atoms with Crippen LogP contribution < -0.4 is 39.4 Å². The Kier molecular flexibility index (Phi) is 11.9. The minimum absolute atomic E-state index is 0. The summed E-state index contributed by atoms with van der Waals surface area (Å²) in [4.78, 5) is -0.532. The molecule has 5 nitrogen and oxygen atoms in total. The van der Waals surface area contributed by atoms with Crippen LogP contribution >= 0.6 is 0 Å². The molecule has 2 rings (SSSR count). The van der Waals surface area contributed by atoms with Crippen molar-refractivity contribution in [3.63, 3.8) is 0 Å². The van der Waals surface area contributed by atoms with Gasteiger partial charge < -0.3 is 9.84 Å². The second-order valence-corrected chi connectivity index (χ2v) is 8.38. The maximum absolute atomic E-state index is 12.3. The molecular weight excluding hydrogens is 399 g/mol. The van der Waals surface area contributed by atoms with Crippen molar-refractivity contribution in [2.75, 3.05) is 0 Å². The van der Waals surface area contributed by atoms with E-state index in [0.717, 1.165) is 31.7 Å². The van der Waals surface area contributed by atoms with Gasteiger partial charge in [0.1, 0.15) is 11.5 Å². The Morgan fingerprint density at radius 1 is 0.897 bits per heavy atom. The van der Waals surface area contributed by atoms with E-state index >= 15 is 0 Å². The Morgan fingerprint density at radius 3 is 2.07 bits per heavy atom. The number of hydrogen-bond acceptors (Lipinski definition) is 4. The number of aryl methyl sites for hydroxylation is 1. The molecule has 29 heavy (non-hydrogen) atoms. The molecule has 0 bridgehead atoms. The van der Waals surface area contributed by atoms with Gasteiger partial charge in [-0.3, -0.25) is 4.55 Å². The van der Waals surface area contributed by atoms with Gasteiger partial charge in [-0.1, -0.05) is 75.8 Å². The number of ether oxygens (including phenoxy) is 1. The van der Waals surface area contributed by atoms with Crippen LogP contribution in [0.25, 0.3) is 0 Å². The normalized spacial score (nSPS) is 11.1. The summed E-state index contributed by atoms with van der Waals surface area (Å²) in [6.07, 6.45) is 9.31. The number of benzene rings is 2. The monoisotopic (exact) mass is 428 g/mol. The molecule has 0 fully saturated rings. The first-order valence-corrected chi connectivity index (χ1v) is 11.4. The van der Waals surface area contributed by atoms with Crippen molar-refractivity contribution in [2.45, 2.75) is 69.6 Å². The minimum atomic E-state index is -4.58. The van der Waals surface area contributed by atoms with Crippen LogP contribution in [0.4, 0.5) is 0 Å². The van der Waals surface area contributed by atoms with Crippen molar-refractivity contribution in [3.8, 4) is 17.2 Å². The molecule has 0 radical (unpaired) electrons. The third kappa shape index (κ3) is 9.09. The first kappa shape index (κ1) is 26.0. The van der Waals surface area contributed by atoms with E-state index < -0.39 is 20.8 Å². The molecule has 0 amide bonds. The van der Waals surface area contributed by atoms with E-state index in [0.29, 0.717) is 17.7 Å². The van der Waals surface area contributed by atoms with E-state index in [-0.39, 0.29) is 35.3 Å². The van der Waals surface area contributed by atoms with Crippen molar-refractivity contribution >= 4 is 10.1 Å². The zero-order valence-electron chi connectivity index (χ0n) is 17.4. The Hall–Kier alpha value is -1.05. The summed E-state index contributed by atoms with van der Waals surface area (Å²) in [6, 6.07) is 11.6. The fourth-order valence-electron chi connectivity index (χ4n) is 3.24. The molecule has 0 saturated carbocycles. The Morgan fingerprint density at radius 2 is 1.48 bits per heavy atom. The Balaban J connectivity index is 0.00000420. The molecule has 0 aromatic heterocycles. The molecule has 0 heterocycles. The van der Waals surface area contributed by atoms with Crippen molar-refractivity contribution in [3.05, 3.63) is 48.0 Å². The summed E-state index contributed by atoms with van der Waals surface area (Å²) >= 11 is 0. The fraction of sp³-hybridized carbons (Fsp3) is 0.455. The summed E-state index contributed by atoms with van der Waals surface area (Å²) in [5.41, 5.74) is 0.312. The second kappa shape index (κ2) is 13.3. The summed E-state index contributed by atoms with van der Waals surface area (Å²) in [6.45, 7) is 2.19. The van der Waals surface area contributed by atoms with E-state index in [1.165, 1.54) is 25.7 Å². The van der Waals surface area contributed by atoms with Crippen LogP contribution in [0.1, 0.15) is 63.9 Å². The molecule has 7 heteroatoms. The molecule has 1 N–H and O–H groups in total. The largest absolute Gasteiger partial charge is 1.00 e. The molecular formula is C22H29NaO5S. The number of para-hydroxylation sites is 1. The molecule has 0 aliphatic rings. The molecule has 0 unspecified atom stereocenters. The van der Waals surface area contributed by atoms with Gasteiger partial charge in [0.05, 0.1) is 4.90 Å². The van der Waals surface area contributed by atoms with Gasteiger partial charge >= 0.3 is 29.6 Å². The Labute approximate surface area is 196 Å². The van der Waals surface area contributed by atoms with Crippen molar-refractivity contribution in [1.82, 2.24) is 0 Å². The van der Waals surface area contributed by atoms with E-state index in [9.17, 15) is 18.1 Å². The summed E-state index contributed by atoms with van der Waals surface area (Å²) in [5, 5.41) is 12.3. The van der Waals surface area contributed by atoms with Gasteiger partial charge in [-0.2, -0.15) is 8.42 Å². The molecule has 0 aliphatic carbocycles. The number of rotatable bonds is 12. The van der Waals surface area contributed by atoms with Crippen molar-refractivity contribution < 1.29 is 52.4 Å². The van der Waals surface area contributed by atoms with Crippen LogP contribution in [0.2, 0.25) is 0 Å². The van der Waals surface area contributed by atoms with Crippen LogP contribution in [0, 0.1) is 0 Å². The number of unbranched alkanes of at least 4 members (excludes halogenated alkanes) is 7. The molecule has 2 aromatic carbocycles. The van der Waals surface area contributed by atoms with Gasteiger partial charge in [-0.05, 0) is 42.7 Å². The van der Waals surface area contributed by atoms with Gasteiger partial charge in [0, 0.05) is 0 Å². The van der Waals surface area contributed by atoms with Gasteiger partial charge in [0.25, 0.3) is 10.1 Å². The Bertz CT molecular complexity index is 838. The van der Waals surface area contributed by atoms with Crippen molar-refractivity contribution in [2.24, 2.45) is 0 Å². The molecule has 154 valence electrons. The predicted octanol–water partition coefficient (Wildman–Crippen LogP) is 2.49. The van der Waals surface area contributed by atoms with Gasteiger partial charge in [-0.15, -0.1) is 0 Å². The van der Waals surface area contributed by atoms with Crippen LogP contribution in [0.15, 0.2) is 47.4 Å². The SMILES string of the molecule is CCCCCCCCCCc1cc(Oc2ccccc2)cc([O-])c1S(=O)(=O)O.[Na+]. The van der Waals surface area contributed by atoms with E-state index in [1.807, 2.05) is 6.07 Å². The third-order valence-electron chi connectivity index (χ3n) is 4.64. The standard InChI is InChI=1S/C22H30O5S.Na/c1-2-3-4-5-6-7-8-10-13-18-16-20(27-19-14-11-9-12-15-19)17-21(23)22(18)28(24,25)26;/h9,11-12,14-17,23H,2-8,10,13H2,1H3,(H,24,25,26);/q;+1/p-1. The van der Waals surface area contributed by atoms with Gasteiger partial charge in [0.15, 0.2) is 0 Å². The van der Waals surface area contributed by atoms with Gasteiger partial charge in [-0.25, -0.2) is 0 Å². The molecule has 0 aliphatic heterocycles. The maximum atomic E-state index is 12.3. The second-order valence-electron chi connectivity index (χ2n) is 7.02. The zero-order valence-corrected chi connectivity index (χ0v) is 20.2. The summed E-state index contributed by atoms with van der Waals surface area (Å²) < 4.78 is 38.5. The summed E-state index contributed by atoms with van der Waals surface area (Å²) in [5.74, 6) is 0.0863. The van der Waals surface area contributed by atoms with Gasteiger partial charge in [0.2, 0.25) is 0 Å². The van der Waals surface area contributed by atoms with Crippen LogP contribution in [-0.2, 0) is 16.5 Å². The first-order valence-electron chi connectivity index (χ1n) is 9.96. The van der Waals surface area contributed by atoms with Crippen LogP contribution in [0.5, 0.6) is 17.2 Å². The minimum Gasteiger partial charge on any atom is -0.871 e. The average Bonchev–Trinajstić information content (AvgIpc) is 2.63. The topological polar surface area (TPSA) is 86.7 Å². The average molecular weight is 429 g/mol. The van der Waals surface area contributed by atoms with E-state index in [1.54, 1.807) is 30.3 Å². The molecule has 0 saturated heterocycles. The maximum Gasteiger partial charge on any atom is 1.00 e. The first-order chi connectivity index (χ1) is 13.4. The molecule has 0 atom stereocenters. The quantitative estimate of drug-likeness (QED) is 0.319. The predicted molar refractivity (Wildman–Crippen MR) is 109 cm³/mol. The fourth-order valence-corrected chi connectivity index (χ4v) is 4.05. The van der Waals surface area contributed by atoms with E-state index in [4.69, 9.17) is 4.74 Å². The zero-order chi connectivity index (χ0) is 20.4. The van der Waals surface area contributed by atoms with E-state index in [2.05, 4.69) is 6.92 Å². The molecule has 0 spiro atoms. The van der Waals surface area contributed by atoms with Crippen LogP contribution in [-0.4, -0.2) is 13.0 Å². The van der Waals surface area contributed by atoms with Crippen molar-refractivity contribution in [1.29, 1.82) is 0 Å². The number of hydrogen-bond donors (Lipinski definition) is 1.